The average molecular weight is 488 g/mol. The second-order valence-electron chi connectivity index (χ2n) is 8.67. The Morgan fingerprint density at radius 1 is 1.00 bits per heavy atom. The van der Waals surface area contributed by atoms with E-state index in [4.69, 9.17) is 5.11 Å². The van der Waals surface area contributed by atoms with Crippen molar-refractivity contribution in [2.45, 2.75) is 32.5 Å². The van der Waals surface area contributed by atoms with Gasteiger partial charge in [0.2, 0.25) is 5.91 Å². The number of carbonyl (C=O) groups is 2. The van der Waals surface area contributed by atoms with Crippen molar-refractivity contribution in [3.63, 3.8) is 0 Å². The molecule has 4 aromatic rings. The second kappa shape index (κ2) is 11.3. The van der Waals surface area contributed by atoms with E-state index in [1.54, 1.807) is 19.1 Å². The van der Waals surface area contributed by atoms with Gasteiger partial charge in [-0.05, 0) is 60.2 Å². The minimum atomic E-state index is -1.14. The third-order valence-electron chi connectivity index (χ3n) is 5.99. The van der Waals surface area contributed by atoms with E-state index >= 15 is 0 Å². The number of aromatic nitrogens is 2. The van der Waals surface area contributed by atoms with E-state index in [-0.39, 0.29) is 30.6 Å². The summed E-state index contributed by atoms with van der Waals surface area (Å²) < 4.78 is 1.41. The quantitative estimate of drug-likeness (QED) is 0.235. The highest BCUT2D eigenvalue weighted by atomic mass is 16.4. The normalized spacial score (nSPS) is 11.7. The van der Waals surface area contributed by atoms with Crippen molar-refractivity contribution in [1.29, 1.82) is 0 Å². The van der Waals surface area contributed by atoms with Crippen molar-refractivity contribution in [2.24, 2.45) is 0 Å². The van der Waals surface area contributed by atoms with Gasteiger partial charge in [0, 0.05) is 36.5 Å². The highest BCUT2D eigenvalue weighted by Crippen LogP contribution is 2.14. The van der Waals surface area contributed by atoms with Gasteiger partial charge in [-0.3, -0.25) is 9.59 Å². The van der Waals surface area contributed by atoms with Gasteiger partial charge in [-0.25, -0.2) is 4.79 Å². The van der Waals surface area contributed by atoms with Crippen molar-refractivity contribution >= 4 is 28.6 Å². The first kappa shape index (κ1) is 24.6. The van der Waals surface area contributed by atoms with Crippen LogP contribution in [0.15, 0.2) is 77.7 Å². The molecule has 2 aromatic heterocycles. The molecule has 0 fully saturated rings. The lowest BCUT2D eigenvalue weighted by Crippen LogP contribution is -2.40. The minimum absolute atomic E-state index is 0.115. The Morgan fingerprint density at radius 2 is 1.81 bits per heavy atom. The van der Waals surface area contributed by atoms with Crippen LogP contribution in [0.4, 0.5) is 10.5 Å². The van der Waals surface area contributed by atoms with Gasteiger partial charge in [0.15, 0.2) is 0 Å². The number of H-pyrrole nitrogens is 1. The smallest absolute Gasteiger partial charge is 0.404 e. The molecule has 0 aliphatic carbocycles. The monoisotopic (exact) mass is 487 g/mol. The van der Waals surface area contributed by atoms with Gasteiger partial charge in [-0.2, -0.15) is 0 Å². The molecule has 4 rings (SSSR count). The van der Waals surface area contributed by atoms with E-state index in [1.807, 2.05) is 60.8 Å². The van der Waals surface area contributed by atoms with E-state index in [0.29, 0.717) is 24.3 Å². The number of hydrogen-bond donors (Lipinski definition) is 5. The molecule has 36 heavy (non-hydrogen) atoms. The Labute approximate surface area is 208 Å². The number of amides is 2. The number of aromatic amines is 1. The average Bonchev–Trinajstić information content (AvgIpc) is 3.34. The van der Waals surface area contributed by atoms with Crippen LogP contribution in [-0.2, 0) is 24.3 Å². The molecule has 1 atom stereocenters. The highest BCUT2D eigenvalue weighted by Gasteiger charge is 2.16. The summed E-state index contributed by atoms with van der Waals surface area (Å²) in [5, 5.41) is 18.6. The number of benzene rings is 2. The lowest BCUT2D eigenvalue weighted by atomic mass is 10.1. The van der Waals surface area contributed by atoms with Crippen LogP contribution >= 0.6 is 0 Å². The van der Waals surface area contributed by atoms with Crippen LogP contribution in [-0.4, -0.2) is 39.2 Å². The maximum atomic E-state index is 13.2. The third-order valence-corrected chi connectivity index (χ3v) is 5.99. The van der Waals surface area contributed by atoms with E-state index in [2.05, 4.69) is 20.9 Å². The topological polar surface area (TPSA) is 128 Å². The molecular formula is C27H29N5O4. The number of pyridine rings is 1. The molecular weight excluding hydrogens is 458 g/mol. The molecule has 2 heterocycles. The summed E-state index contributed by atoms with van der Waals surface area (Å²) in [5.41, 5.74) is 3.61. The summed E-state index contributed by atoms with van der Waals surface area (Å²) in [5.74, 6) is -0.278. The number of aryl methyl sites for hydroxylation is 1. The lowest BCUT2D eigenvalue weighted by molar-refractivity contribution is -0.121. The first-order valence-electron chi connectivity index (χ1n) is 11.7. The predicted octanol–water partition coefficient (Wildman–Crippen LogP) is 3.25. The zero-order chi connectivity index (χ0) is 25.5. The number of hydrogen-bond acceptors (Lipinski definition) is 4. The number of rotatable bonds is 10. The maximum absolute atomic E-state index is 13.2. The van der Waals surface area contributed by atoms with Gasteiger partial charge in [-0.15, -0.1) is 0 Å². The van der Waals surface area contributed by atoms with Crippen LogP contribution in [0, 0.1) is 6.92 Å². The molecule has 5 N–H and O–H groups in total. The van der Waals surface area contributed by atoms with Crippen LogP contribution in [0.5, 0.6) is 0 Å². The van der Waals surface area contributed by atoms with Crippen molar-refractivity contribution in [2.75, 3.05) is 11.9 Å². The summed E-state index contributed by atoms with van der Waals surface area (Å²) in [7, 11) is 0. The van der Waals surface area contributed by atoms with Gasteiger partial charge in [0.05, 0.1) is 0 Å². The maximum Gasteiger partial charge on any atom is 0.404 e. The molecule has 0 radical (unpaired) electrons. The fourth-order valence-corrected chi connectivity index (χ4v) is 4.09. The molecule has 0 bridgehead atoms. The van der Waals surface area contributed by atoms with Gasteiger partial charge in [0.1, 0.15) is 12.2 Å². The molecule has 0 saturated heterocycles. The molecule has 2 amide bonds. The van der Waals surface area contributed by atoms with Crippen molar-refractivity contribution in [3.8, 4) is 0 Å². The Morgan fingerprint density at radius 3 is 2.58 bits per heavy atom. The number of carbonyl (C=O) groups excluding carboxylic acids is 1. The molecule has 9 nitrogen and oxygen atoms in total. The van der Waals surface area contributed by atoms with E-state index < -0.39 is 6.09 Å². The summed E-state index contributed by atoms with van der Waals surface area (Å²) in [6.07, 6.45) is 1.25. The van der Waals surface area contributed by atoms with Gasteiger partial charge >= 0.3 is 6.09 Å². The largest absolute Gasteiger partial charge is 0.465 e. The standard InChI is InChI=1S/C27H29N5O4/c1-18-7-9-24(31-22(16-30-27(35)36)14-19-5-3-2-4-6-19)26(34)32(18)17-25(33)29-15-20-8-10-23-21(13-20)11-12-28-23/h2-13,22,28,30-31H,14-17H2,1H3,(H,29,33)(H,35,36). The van der Waals surface area contributed by atoms with Crippen molar-refractivity contribution < 1.29 is 14.7 Å². The molecule has 0 saturated carbocycles. The lowest BCUT2D eigenvalue weighted by Gasteiger charge is -2.21. The van der Waals surface area contributed by atoms with Gasteiger partial charge in [-0.1, -0.05) is 36.4 Å². The minimum Gasteiger partial charge on any atom is -0.465 e. The molecule has 1 unspecified atom stereocenters. The van der Waals surface area contributed by atoms with Crippen LogP contribution in [0.2, 0.25) is 0 Å². The van der Waals surface area contributed by atoms with Crippen LogP contribution in [0.1, 0.15) is 16.8 Å². The number of anilines is 1. The first-order chi connectivity index (χ1) is 17.4. The van der Waals surface area contributed by atoms with Crippen molar-refractivity contribution in [1.82, 2.24) is 20.2 Å². The Bertz CT molecular complexity index is 1410. The summed E-state index contributed by atoms with van der Waals surface area (Å²) >= 11 is 0. The Balaban J connectivity index is 1.44. The fraction of sp³-hybridized carbons (Fsp3) is 0.222. The van der Waals surface area contributed by atoms with Crippen LogP contribution in [0.25, 0.3) is 10.9 Å². The van der Waals surface area contributed by atoms with E-state index in [0.717, 1.165) is 22.0 Å². The molecule has 0 aliphatic heterocycles. The molecule has 2 aromatic carbocycles. The third kappa shape index (κ3) is 6.32. The number of nitrogens with one attached hydrogen (secondary N) is 4. The van der Waals surface area contributed by atoms with Crippen LogP contribution in [0.3, 0.4) is 0 Å². The van der Waals surface area contributed by atoms with E-state index in [1.165, 1.54) is 4.57 Å². The fourth-order valence-electron chi connectivity index (χ4n) is 4.09. The number of carboxylic acid groups (broad SMARTS) is 1. The number of fused-ring (bicyclic) bond motifs is 1. The molecule has 9 heteroatoms. The molecule has 186 valence electrons. The van der Waals surface area contributed by atoms with Gasteiger partial charge in [0.25, 0.3) is 5.56 Å². The summed E-state index contributed by atoms with van der Waals surface area (Å²) in [6.45, 7) is 2.12. The van der Waals surface area contributed by atoms with E-state index in [9.17, 15) is 14.4 Å². The number of nitrogens with zero attached hydrogens (tertiary/aromatic N) is 1. The first-order valence-corrected chi connectivity index (χ1v) is 11.7. The molecule has 0 aliphatic rings. The predicted molar refractivity (Wildman–Crippen MR) is 139 cm³/mol. The zero-order valence-electron chi connectivity index (χ0n) is 20.0. The van der Waals surface area contributed by atoms with Crippen LogP contribution < -0.4 is 21.5 Å². The Kier molecular flexibility index (Phi) is 7.69. The van der Waals surface area contributed by atoms with Gasteiger partial charge < -0.3 is 30.6 Å². The van der Waals surface area contributed by atoms with Crippen molar-refractivity contribution in [3.05, 3.63) is 100 Å². The SMILES string of the molecule is Cc1ccc(NC(CNC(=O)O)Cc2ccccc2)c(=O)n1CC(=O)NCc1ccc2[nH]ccc2c1. The summed E-state index contributed by atoms with van der Waals surface area (Å²) in [6, 6.07) is 20.6. The second-order valence-corrected chi connectivity index (χ2v) is 8.67. The molecule has 0 spiro atoms. The zero-order valence-corrected chi connectivity index (χ0v) is 20.0. The summed E-state index contributed by atoms with van der Waals surface area (Å²) in [4.78, 5) is 40.1. The Hall–Kier alpha value is -4.53. The highest BCUT2D eigenvalue weighted by molar-refractivity contribution is 5.80.